The predicted octanol–water partition coefficient (Wildman–Crippen LogP) is 2.02. The fraction of sp³-hybridized carbons (Fsp3) is 0.600. The second-order valence-corrected chi connectivity index (χ2v) is 7.46. The SMILES string of the molecule is C[C@H](NS(=O)(=O)c1ccc2c(c1)CCC2)[C@H]1CCCO1. The third-order valence-electron chi connectivity index (χ3n) is 4.24. The number of sulfonamides is 1. The van der Waals surface area contributed by atoms with Gasteiger partial charge in [-0.05, 0) is 62.3 Å². The molecule has 0 saturated carbocycles. The molecule has 1 aliphatic carbocycles. The maximum atomic E-state index is 12.4. The lowest BCUT2D eigenvalue weighted by atomic mass is 10.1. The molecule has 1 heterocycles. The number of ether oxygens (including phenoxy) is 1. The van der Waals surface area contributed by atoms with Gasteiger partial charge in [-0.2, -0.15) is 0 Å². The molecule has 0 unspecified atom stereocenters. The third kappa shape index (κ3) is 2.75. The molecular weight excluding hydrogens is 274 g/mol. The molecule has 0 amide bonds. The predicted molar refractivity (Wildman–Crippen MR) is 77.2 cm³/mol. The maximum absolute atomic E-state index is 12.4. The third-order valence-corrected chi connectivity index (χ3v) is 5.80. The highest BCUT2D eigenvalue weighted by atomic mass is 32.2. The van der Waals surface area contributed by atoms with E-state index in [1.165, 1.54) is 11.1 Å². The van der Waals surface area contributed by atoms with Gasteiger partial charge in [0.15, 0.2) is 0 Å². The molecule has 1 aliphatic heterocycles. The number of hydrogen-bond donors (Lipinski definition) is 1. The topological polar surface area (TPSA) is 55.4 Å². The zero-order valence-electron chi connectivity index (χ0n) is 11.8. The minimum atomic E-state index is -3.45. The van der Waals surface area contributed by atoms with Crippen molar-refractivity contribution >= 4 is 10.0 Å². The van der Waals surface area contributed by atoms with Crippen molar-refractivity contribution in [1.29, 1.82) is 0 Å². The van der Waals surface area contributed by atoms with E-state index in [9.17, 15) is 8.42 Å². The molecule has 0 aromatic heterocycles. The molecular formula is C15H21NO3S. The molecule has 110 valence electrons. The van der Waals surface area contributed by atoms with E-state index >= 15 is 0 Å². The second kappa shape index (κ2) is 5.47. The van der Waals surface area contributed by atoms with Crippen molar-refractivity contribution in [3.05, 3.63) is 29.3 Å². The zero-order chi connectivity index (χ0) is 14.2. The van der Waals surface area contributed by atoms with Gasteiger partial charge >= 0.3 is 0 Å². The van der Waals surface area contributed by atoms with Crippen LogP contribution in [0.1, 0.15) is 37.3 Å². The molecule has 3 rings (SSSR count). The van der Waals surface area contributed by atoms with Crippen molar-refractivity contribution in [3.63, 3.8) is 0 Å². The van der Waals surface area contributed by atoms with Gasteiger partial charge in [0, 0.05) is 12.6 Å². The Morgan fingerprint density at radius 2 is 2.05 bits per heavy atom. The van der Waals surface area contributed by atoms with Crippen LogP contribution in [0.5, 0.6) is 0 Å². The van der Waals surface area contributed by atoms with Crippen LogP contribution in [0.3, 0.4) is 0 Å². The summed E-state index contributed by atoms with van der Waals surface area (Å²) >= 11 is 0. The summed E-state index contributed by atoms with van der Waals surface area (Å²) in [5.41, 5.74) is 2.47. The highest BCUT2D eigenvalue weighted by Gasteiger charge is 2.27. The smallest absolute Gasteiger partial charge is 0.240 e. The standard InChI is InChI=1S/C15H21NO3S/c1-11(15-6-3-9-19-15)16-20(17,18)14-8-7-12-4-2-5-13(12)10-14/h7-8,10-11,15-16H,2-6,9H2,1H3/t11-,15+/m0/s1. The Morgan fingerprint density at radius 3 is 2.80 bits per heavy atom. The summed E-state index contributed by atoms with van der Waals surface area (Å²) < 4.78 is 33.2. The molecule has 1 fully saturated rings. The lowest BCUT2D eigenvalue weighted by Crippen LogP contribution is -2.40. The van der Waals surface area contributed by atoms with Crippen LogP contribution in [0.25, 0.3) is 0 Å². The monoisotopic (exact) mass is 295 g/mol. The molecule has 5 heteroatoms. The Morgan fingerprint density at radius 1 is 1.25 bits per heavy atom. The summed E-state index contributed by atoms with van der Waals surface area (Å²) in [7, 11) is -3.45. The Hall–Kier alpha value is -0.910. The first-order valence-electron chi connectivity index (χ1n) is 7.32. The van der Waals surface area contributed by atoms with E-state index in [0.29, 0.717) is 4.90 Å². The van der Waals surface area contributed by atoms with E-state index in [4.69, 9.17) is 4.74 Å². The quantitative estimate of drug-likeness (QED) is 0.924. The molecule has 1 saturated heterocycles. The van der Waals surface area contributed by atoms with E-state index in [-0.39, 0.29) is 12.1 Å². The lowest BCUT2D eigenvalue weighted by molar-refractivity contribution is 0.0902. The minimum Gasteiger partial charge on any atom is -0.377 e. The molecule has 1 aromatic rings. The summed E-state index contributed by atoms with van der Waals surface area (Å²) in [4.78, 5) is 0.378. The molecule has 1 aromatic carbocycles. The average Bonchev–Trinajstić information content (AvgIpc) is 3.08. The highest BCUT2D eigenvalue weighted by molar-refractivity contribution is 7.89. The summed E-state index contributed by atoms with van der Waals surface area (Å²) in [6.45, 7) is 2.61. The highest BCUT2D eigenvalue weighted by Crippen LogP contribution is 2.25. The Balaban J connectivity index is 1.77. The van der Waals surface area contributed by atoms with Crippen LogP contribution in [0.2, 0.25) is 0 Å². The first-order chi connectivity index (χ1) is 9.56. The van der Waals surface area contributed by atoms with Crippen molar-refractivity contribution < 1.29 is 13.2 Å². The number of hydrogen-bond acceptors (Lipinski definition) is 3. The van der Waals surface area contributed by atoms with Gasteiger partial charge in [-0.15, -0.1) is 0 Å². The molecule has 20 heavy (non-hydrogen) atoms. The molecule has 1 N–H and O–H groups in total. The number of rotatable bonds is 4. The van der Waals surface area contributed by atoms with Crippen LogP contribution >= 0.6 is 0 Å². The molecule has 4 nitrogen and oxygen atoms in total. The lowest BCUT2D eigenvalue weighted by Gasteiger charge is -2.20. The average molecular weight is 295 g/mol. The van der Waals surface area contributed by atoms with Gasteiger partial charge < -0.3 is 4.74 Å². The zero-order valence-corrected chi connectivity index (χ0v) is 12.6. The first-order valence-corrected chi connectivity index (χ1v) is 8.80. The van der Waals surface area contributed by atoms with Crippen LogP contribution in [-0.4, -0.2) is 27.2 Å². The molecule has 2 atom stereocenters. The van der Waals surface area contributed by atoms with Gasteiger partial charge in [0.2, 0.25) is 10.0 Å². The van der Waals surface area contributed by atoms with Gasteiger partial charge in [-0.3, -0.25) is 0 Å². The van der Waals surface area contributed by atoms with E-state index in [2.05, 4.69) is 4.72 Å². The van der Waals surface area contributed by atoms with Crippen LogP contribution in [0.15, 0.2) is 23.1 Å². The second-order valence-electron chi connectivity index (χ2n) is 5.75. The maximum Gasteiger partial charge on any atom is 0.240 e. The van der Waals surface area contributed by atoms with Crippen molar-refractivity contribution in [3.8, 4) is 0 Å². The number of benzene rings is 1. The van der Waals surface area contributed by atoms with Crippen molar-refractivity contribution in [2.24, 2.45) is 0 Å². The first kappa shape index (κ1) is 14.0. The van der Waals surface area contributed by atoms with Crippen molar-refractivity contribution in [2.75, 3.05) is 6.61 Å². The van der Waals surface area contributed by atoms with E-state index < -0.39 is 10.0 Å². The molecule has 2 aliphatic rings. The van der Waals surface area contributed by atoms with Gasteiger partial charge in [0.25, 0.3) is 0 Å². The van der Waals surface area contributed by atoms with Gasteiger partial charge in [0.1, 0.15) is 0 Å². The number of fused-ring (bicyclic) bond motifs is 1. The fourth-order valence-electron chi connectivity index (χ4n) is 3.10. The summed E-state index contributed by atoms with van der Waals surface area (Å²) in [5.74, 6) is 0. The normalized spacial score (nSPS) is 23.8. The van der Waals surface area contributed by atoms with Crippen molar-refractivity contribution in [1.82, 2.24) is 4.72 Å². The number of aryl methyl sites for hydroxylation is 2. The Bertz CT molecular complexity index is 591. The Kier molecular flexibility index (Phi) is 3.84. The van der Waals surface area contributed by atoms with Crippen LogP contribution in [0, 0.1) is 0 Å². The summed E-state index contributed by atoms with van der Waals surface area (Å²) in [6, 6.07) is 5.31. The summed E-state index contributed by atoms with van der Waals surface area (Å²) in [5, 5.41) is 0. The Labute approximate surface area is 120 Å². The van der Waals surface area contributed by atoms with Gasteiger partial charge in [-0.25, -0.2) is 13.1 Å². The van der Waals surface area contributed by atoms with E-state index in [1.807, 2.05) is 19.1 Å². The van der Waals surface area contributed by atoms with E-state index in [0.717, 1.165) is 38.7 Å². The summed E-state index contributed by atoms with van der Waals surface area (Å²) in [6.07, 6.45) is 5.11. The fourth-order valence-corrected chi connectivity index (χ4v) is 4.42. The minimum absolute atomic E-state index is 0.000739. The van der Waals surface area contributed by atoms with Crippen LogP contribution in [0.4, 0.5) is 0 Å². The van der Waals surface area contributed by atoms with Gasteiger partial charge in [-0.1, -0.05) is 6.07 Å². The van der Waals surface area contributed by atoms with Crippen LogP contribution < -0.4 is 4.72 Å². The van der Waals surface area contributed by atoms with Gasteiger partial charge in [0.05, 0.1) is 11.0 Å². The van der Waals surface area contributed by atoms with E-state index in [1.54, 1.807) is 6.07 Å². The van der Waals surface area contributed by atoms with Crippen LogP contribution in [-0.2, 0) is 27.6 Å². The van der Waals surface area contributed by atoms with Crippen molar-refractivity contribution in [2.45, 2.75) is 56.1 Å². The molecule has 0 bridgehead atoms. The molecule has 0 spiro atoms. The number of nitrogens with one attached hydrogen (secondary N) is 1. The molecule has 0 radical (unpaired) electrons. The largest absolute Gasteiger partial charge is 0.377 e.